The summed E-state index contributed by atoms with van der Waals surface area (Å²) in [5.74, 6) is -0.136. The normalized spacial score (nSPS) is 17.9. The number of nitrogens with one attached hydrogen (secondary N) is 1. The molecule has 92 valence electrons. The summed E-state index contributed by atoms with van der Waals surface area (Å²) in [6.07, 6.45) is 0. The number of hydrogen-bond acceptors (Lipinski definition) is 3. The molecule has 1 amide bonds. The van der Waals surface area contributed by atoms with E-state index in [0.29, 0.717) is 0 Å². The predicted molar refractivity (Wildman–Crippen MR) is 73.3 cm³/mol. The molecule has 1 aromatic carbocycles. The van der Waals surface area contributed by atoms with E-state index < -0.39 is 6.04 Å². The molecule has 3 N–H and O–H groups in total. The maximum Gasteiger partial charge on any atom is 0.245 e. The van der Waals surface area contributed by atoms with Gasteiger partial charge >= 0.3 is 0 Å². The molecule has 0 aromatic heterocycles. The SMILES string of the molecule is CCN(CC)c1cc2c(cc1Br)C(N)C(=O)N2. The van der Waals surface area contributed by atoms with Gasteiger partial charge in [0.25, 0.3) is 0 Å². The molecule has 0 saturated carbocycles. The van der Waals surface area contributed by atoms with Crippen LogP contribution in [0.15, 0.2) is 16.6 Å². The average molecular weight is 298 g/mol. The Morgan fingerprint density at radius 2 is 2.06 bits per heavy atom. The monoisotopic (exact) mass is 297 g/mol. The highest BCUT2D eigenvalue weighted by atomic mass is 79.9. The number of fused-ring (bicyclic) bond motifs is 1. The van der Waals surface area contributed by atoms with E-state index in [1.54, 1.807) is 0 Å². The lowest BCUT2D eigenvalue weighted by Crippen LogP contribution is -2.22. The van der Waals surface area contributed by atoms with Crippen LogP contribution in [0.1, 0.15) is 25.5 Å². The largest absolute Gasteiger partial charge is 0.371 e. The Labute approximate surface area is 109 Å². The zero-order valence-corrected chi connectivity index (χ0v) is 11.5. The molecule has 1 aromatic rings. The summed E-state index contributed by atoms with van der Waals surface area (Å²) in [6.45, 7) is 6.06. The number of hydrogen-bond donors (Lipinski definition) is 2. The van der Waals surface area contributed by atoms with Gasteiger partial charge in [-0.2, -0.15) is 0 Å². The van der Waals surface area contributed by atoms with Gasteiger partial charge in [-0.1, -0.05) is 0 Å². The van der Waals surface area contributed by atoms with Gasteiger partial charge in [-0.15, -0.1) is 0 Å². The topological polar surface area (TPSA) is 58.4 Å². The second-order valence-corrected chi connectivity index (χ2v) is 4.88. The van der Waals surface area contributed by atoms with Crippen molar-refractivity contribution in [3.8, 4) is 0 Å². The van der Waals surface area contributed by atoms with Gasteiger partial charge < -0.3 is 16.0 Å². The third-order valence-electron chi connectivity index (χ3n) is 3.10. The van der Waals surface area contributed by atoms with Crippen LogP contribution in [0.5, 0.6) is 0 Å². The highest BCUT2D eigenvalue weighted by Crippen LogP contribution is 2.38. The number of carbonyl (C=O) groups is 1. The van der Waals surface area contributed by atoms with Crippen LogP contribution in [-0.4, -0.2) is 19.0 Å². The minimum Gasteiger partial charge on any atom is -0.371 e. The van der Waals surface area contributed by atoms with Crippen molar-refractivity contribution < 1.29 is 4.79 Å². The molecule has 0 spiro atoms. The fourth-order valence-corrected chi connectivity index (χ4v) is 2.71. The quantitative estimate of drug-likeness (QED) is 0.900. The van der Waals surface area contributed by atoms with Crippen LogP contribution in [0.25, 0.3) is 0 Å². The number of amides is 1. The number of nitrogens with zero attached hydrogens (tertiary/aromatic N) is 1. The second kappa shape index (κ2) is 4.66. The molecule has 5 heteroatoms. The summed E-state index contributed by atoms with van der Waals surface area (Å²) in [6, 6.07) is 3.37. The van der Waals surface area contributed by atoms with Gasteiger partial charge in [0.05, 0.1) is 5.69 Å². The summed E-state index contributed by atoms with van der Waals surface area (Å²) >= 11 is 3.54. The highest BCUT2D eigenvalue weighted by molar-refractivity contribution is 9.10. The molecule has 0 bridgehead atoms. The molecule has 1 aliphatic heterocycles. The fraction of sp³-hybridized carbons (Fsp3) is 0.417. The third kappa shape index (κ3) is 2.05. The van der Waals surface area contributed by atoms with Crippen LogP contribution >= 0.6 is 15.9 Å². The van der Waals surface area contributed by atoms with Gasteiger partial charge in [-0.05, 0) is 41.9 Å². The number of benzene rings is 1. The summed E-state index contributed by atoms with van der Waals surface area (Å²) < 4.78 is 0.979. The molecular weight excluding hydrogens is 282 g/mol. The van der Waals surface area contributed by atoms with Gasteiger partial charge in [0, 0.05) is 28.8 Å². The summed E-state index contributed by atoms with van der Waals surface area (Å²) in [5.41, 5.74) is 8.58. The Morgan fingerprint density at radius 1 is 1.41 bits per heavy atom. The van der Waals surface area contributed by atoms with E-state index in [1.165, 1.54) is 0 Å². The Morgan fingerprint density at radius 3 is 2.65 bits per heavy atom. The Hall–Kier alpha value is -1.07. The third-order valence-corrected chi connectivity index (χ3v) is 3.73. The van der Waals surface area contributed by atoms with E-state index in [4.69, 9.17) is 5.73 Å². The van der Waals surface area contributed by atoms with Crippen molar-refractivity contribution >= 4 is 33.2 Å². The standard InChI is InChI=1S/C12H16BrN3O/c1-3-16(4-2)10-6-9-7(5-8(10)13)11(14)12(17)15-9/h5-6,11H,3-4,14H2,1-2H3,(H,15,17). The van der Waals surface area contributed by atoms with Crippen molar-refractivity contribution in [2.75, 3.05) is 23.3 Å². The zero-order chi connectivity index (χ0) is 12.6. The van der Waals surface area contributed by atoms with E-state index >= 15 is 0 Å². The minimum absolute atomic E-state index is 0.136. The van der Waals surface area contributed by atoms with Crippen molar-refractivity contribution in [2.24, 2.45) is 5.73 Å². The van der Waals surface area contributed by atoms with Crippen molar-refractivity contribution in [1.29, 1.82) is 0 Å². The fourth-order valence-electron chi connectivity index (χ4n) is 2.10. The number of carbonyl (C=O) groups excluding carboxylic acids is 1. The van der Waals surface area contributed by atoms with Crippen LogP contribution in [0.2, 0.25) is 0 Å². The highest BCUT2D eigenvalue weighted by Gasteiger charge is 2.28. The summed E-state index contributed by atoms with van der Waals surface area (Å²) in [5, 5.41) is 2.81. The Kier molecular flexibility index (Phi) is 3.40. The maximum absolute atomic E-state index is 11.5. The smallest absolute Gasteiger partial charge is 0.245 e. The molecule has 1 unspecified atom stereocenters. The molecule has 0 fully saturated rings. The second-order valence-electron chi connectivity index (χ2n) is 4.03. The predicted octanol–water partition coefficient (Wildman–Crippen LogP) is 2.25. The van der Waals surface area contributed by atoms with E-state index in [0.717, 1.165) is 34.5 Å². The molecule has 0 radical (unpaired) electrons. The number of halogens is 1. The first-order chi connectivity index (χ1) is 8.08. The van der Waals surface area contributed by atoms with E-state index in [1.807, 2.05) is 12.1 Å². The first-order valence-electron chi connectivity index (χ1n) is 5.73. The molecule has 2 rings (SSSR count). The lowest BCUT2D eigenvalue weighted by Gasteiger charge is -2.23. The lowest BCUT2D eigenvalue weighted by atomic mass is 10.1. The summed E-state index contributed by atoms with van der Waals surface area (Å²) in [7, 11) is 0. The average Bonchev–Trinajstić information content (AvgIpc) is 2.58. The first kappa shape index (κ1) is 12.4. The minimum atomic E-state index is -0.549. The van der Waals surface area contributed by atoms with Gasteiger partial charge in [0.15, 0.2) is 0 Å². The van der Waals surface area contributed by atoms with Crippen molar-refractivity contribution in [3.63, 3.8) is 0 Å². The number of anilines is 2. The number of nitrogens with two attached hydrogens (primary N) is 1. The van der Waals surface area contributed by atoms with Crippen LogP contribution in [0.3, 0.4) is 0 Å². The maximum atomic E-state index is 11.5. The van der Waals surface area contributed by atoms with E-state index in [9.17, 15) is 4.79 Å². The summed E-state index contributed by atoms with van der Waals surface area (Å²) in [4.78, 5) is 13.7. The lowest BCUT2D eigenvalue weighted by molar-refractivity contribution is -0.116. The molecule has 4 nitrogen and oxygen atoms in total. The van der Waals surface area contributed by atoms with Crippen LogP contribution in [-0.2, 0) is 4.79 Å². The Balaban J connectivity index is 2.46. The van der Waals surface area contributed by atoms with Crippen molar-refractivity contribution in [2.45, 2.75) is 19.9 Å². The molecule has 0 aliphatic carbocycles. The van der Waals surface area contributed by atoms with E-state index in [2.05, 4.69) is 40.0 Å². The molecular formula is C12H16BrN3O. The van der Waals surface area contributed by atoms with Crippen molar-refractivity contribution in [3.05, 3.63) is 22.2 Å². The Bertz CT molecular complexity index is 457. The molecule has 1 heterocycles. The molecule has 17 heavy (non-hydrogen) atoms. The van der Waals surface area contributed by atoms with Gasteiger partial charge in [0.2, 0.25) is 5.91 Å². The van der Waals surface area contributed by atoms with Gasteiger partial charge in [0.1, 0.15) is 6.04 Å². The van der Waals surface area contributed by atoms with Crippen LogP contribution in [0.4, 0.5) is 11.4 Å². The molecule has 1 atom stereocenters. The first-order valence-corrected chi connectivity index (χ1v) is 6.52. The van der Waals surface area contributed by atoms with E-state index in [-0.39, 0.29) is 5.91 Å². The molecule has 1 aliphatic rings. The molecule has 0 saturated heterocycles. The number of rotatable bonds is 3. The van der Waals surface area contributed by atoms with Crippen molar-refractivity contribution in [1.82, 2.24) is 0 Å². The van der Waals surface area contributed by atoms with Gasteiger partial charge in [-0.25, -0.2) is 0 Å². The van der Waals surface area contributed by atoms with Crippen LogP contribution in [0, 0.1) is 0 Å². The zero-order valence-electron chi connectivity index (χ0n) is 9.96. The van der Waals surface area contributed by atoms with Crippen LogP contribution < -0.4 is 16.0 Å². The van der Waals surface area contributed by atoms with Gasteiger partial charge in [-0.3, -0.25) is 4.79 Å².